The second-order valence-corrected chi connectivity index (χ2v) is 4.72. The molecular formula is C12H17NO2S. The zero-order valence-electron chi connectivity index (χ0n) is 9.66. The summed E-state index contributed by atoms with van der Waals surface area (Å²) in [5.41, 5.74) is 0. The molecule has 1 N–H and O–H groups in total. The lowest BCUT2D eigenvalue weighted by molar-refractivity contribution is -0.133. The Kier molecular flexibility index (Phi) is 5.19. The molecule has 0 saturated carbocycles. The fourth-order valence-corrected chi connectivity index (χ4v) is 2.25. The maximum absolute atomic E-state index is 11.6. The van der Waals surface area contributed by atoms with E-state index in [1.807, 2.05) is 24.4 Å². The smallest absolute Gasteiger partial charge is 0.230 e. The van der Waals surface area contributed by atoms with Gasteiger partial charge in [-0.05, 0) is 31.2 Å². The number of carbonyl (C=O) groups is 2. The number of ketones is 1. The van der Waals surface area contributed by atoms with Crippen molar-refractivity contribution < 1.29 is 9.59 Å². The molecule has 0 aliphatic rings. The minimum absolute atomic E-state index is 0.0591. The molecule has 1 atom stereocenters. The van der Waals surface area contributed by atoms with Crippen LogP contribution < -0.4 is 5.32 Å². The van der Waals surface area contributed by atoms with Gasteiger partial charge in [-0.2, -0.15) is 0 Å². The summed E-state index contributed by atoms with van der Waals surface area (Å²) in [6.07, 6.45) is 1.40. The van der Waals surface area contributed by atoms with Crippen molar-refractivity contribution in [3.63, 3.8) is 0 Å². The molecule has 4 heteroatoms. The van der Waals surface area contributed by atoms with Gasteiger partial charge in [0, 0.05) is 11.4 Å². The summed E-state index contributed by atoms with van der Waals surface area (Å²) in [5, 5.41) is 4.82. The predicted molar refractivity (Wildman–Crippen MR) is 65.5 cm³/mol. The Hall–Kier alpha value is -1.16. The normalized spacial score (nSPS) is 12.1. The first-order valence-electron chi connectivity index (χ1n) is 5.45. The molecule has 1 heterocycles. The fraction of sp³-hybridized carbons (Fsp3) is 0.500. The molecule has 0 aliphatic carbocycles. The second-order valence-electron chi connectivity index (χ2n) is 3.69. The van der Waals surface area contributed by atoms with Gasteiger partial charge < -0.3 is 5.32 Å². The van der Waals surface area contributed by atoms with Crippen molar-refractivity contribution >= 4 is 23.0 Å². The van der Waals surface area contributed by atoms with Crippen molar-refractivity contribution in [2.24, 2.45) is 5.92 Å². The highest BCUT2D eigenvalue weighted by molar-refractivity contribution is 7.09. The van der Waals surface area contributed by atoms with Crippen LogP contribution in [0.1, 0.15) is 25.1 Å². The van der Waals surface area contributed by atoms with Crippen LogP contribution in [0.15, 0.2) is 17.5 Å². The third kappa shape index (κ3) is 3.77. The molecule has 0 bridgehead atoms. The van der Waals surface area contributed by atoms with Crippen molar-refractivity contribution in [1.82, 2.24) is 5.32 Å². The van der Waals surface area contributed by atoms with Gasteiger partial charge in [-0.3, -0.25) is 9.59 Å². The average molecular weight is 239 g/mol. The van der Waals surface area contributed by atoms with Crippen LogP contribution in [-0.4, -0.2) is 18.2 Å². The lowest BCUT2D eigenvalue weighted by Gasteiger charge is -2.11. The van der Waals surface area contributed by atoms with Gasteiger partial charge in [-0.25, -0.2) is 0 Å². The van der Waals surface area contributed by atoms with Crippen LogP contribution in [0.25, 0.3) is 0 Å². The number of nitrogens with one attached hydrogen (secondary N) is 1. The molecule has 0 aromatic carbocycles. The number of thiophene rings is 1. The Labute approximate surface area is 99.9 Å². The second kappa shape index (κ2) is 6.43. The van der Waals surface area contributed by atoms with E-state index < -0.39 is 5.92 Å². The van der Waals surface area contributed by atoms with Crippen LogP contribution in [0.3, 0.4) is 0 Å². The minimum Gasteiger partial charge on any atom is -0.355 e. The van der Waals surface area contributed by atoms with E-state index in [1.165, 1.54) is 11.8 Å². The molecular weight excluding hydrogens is 222 g/mol. The van der Waals surface area contributed by atoms with E-state index >= 15 is 0 Å². The molecule has 0 saturated heterocycles. The highest BCUT2D eigenvalue weighted by atomic mass is 32.1. The summed E-state index contributed by atoms with van der Waals surface area (Å²) >= 11 is 1.68. The summed E-state index contributed by atoms with van der Waals surface area (Å²) < 4.78 is 0. The van der Waals surface area contributed by atoms with Crippen LogP contribution in [0.4, 0.5) is 0 Å². The molecule has 3 nitrogen and oxygen atoms in total. The van der Waals surface area contributed by atoms with Crippen molar-refractivity contribution in [1.29, 1.82) is 0 Å². The van der Waals surface area contributed by atoms with Crippen LogP contribution in [0, 0.1) is 5.92 Å². The molecule has 0 unspecified atom stereocenters. The maximum Gasteiger partial charge on any atom is 0.230 e. The molecule has 0 fully saturated rings. The van der Waals surface area contributed by atoms with E-state index in [1.54, 1.807) is 11.3 Å². The highest BCUT2D eigenvalue weighted by Gasteiger charge is 2.20. The lowest BCUT2D eigenvalue weighted by Crippen LogP contribution is -2.35. The number of Topliss-reactive ketones (excluding diaryl/α,β-unsaturated/α-hetero) is 1. The molecule has 0 radical (unpaired) electrons. The zero-order valence-corrected chi connectivity index (χ0v) is 10.5. The van der Waals surface area contributed by atoms with Gasteiger partial charge in [-0.15, -0.1) is 11.3 Å². The van der Waals surface area contributed by atoms with Crippen molar-refractivity contribution in [2.45, 2.75) is 26.7 Å². The first kappa shape index (κ1) is 12.9. The maximum atomic E-state index is 11.6. The van der Waals surface area contributed by atoms with Crippen molar-refractivity contribution in [3.8, 4) is 0 Å². The molecule has 16 heavy (non-hydrogen) atoms. The van der Waals surface area contributed by atoms with Gasteiger partial charge >= 0.3 is 0 Å². The highest BCUT2D eigenvalue weighted by Crippen LogP contribution is 2.08. The first-order valence-corrected chi connectivity index (χ1v) is 6.33. The minimum atomic E-state index is -0.483. The topological polar surface area (TPSA) is 46.2 Å². The summed E-state index contributed by atoms with van der Waals surface area (Å²) in [5.74, 6) is -0.689. The van der Waals surface area contributed by atoms with Gasteiger partial charge in [0.1, 0.15) is 5.78 Å². The van der Waals surface area contributed by atoms with Crippen molar-refractivity contribution in [2.75, 3.05) is 6.54 Å². The third-order valence-corrected chi connectivity index (χ3v) is 3.40. The predicted octanol–water partition coefficient (Wildman–Crippen LogP) is 2.02. The third-order valence-electron chi connectivity index (χ3n) is 2.47. The SMILES string of the molecule is CC[C@@H](C(C)=O)C(=O)NCCc1cccs1. The Morgan fingerprint density at radius 2 is 2.25 bits per heavy atom. The van der Waals surface area contributed by atoms with E-state index in [2.05, 4.69) is 5.32 Å². The number of rotatable bonds is 6. The van der Waals surface area contributed by atoms with E-state index in [9.17, 15) is 9.59 Å². The molecule has 1 aromatic heterocycles. The van der Waals surface area contributed by atoms with Gasteiger partial charge in [0.05, 0.1) is 5.92 Å². The quantitative estimate of drug-likeness (QED) is 0.772. The first-order chi connectivity index (χ1) is 7.65. The molecule has 0 spiro atoms. The van der Waals surface area contributed by atoms with Crippen LogP contribution in [-0.2, 0) is 16.0 Å². The average Bonchev–Trinajstić information content (AvgIpc) is 2.71. The zero-order chi connectivity index (χ0) is 12.0. The molecule has 1 amide bonds. The Balaban J connectivity index is 2.32. The Bertz CT molecular complexity index is 346. The summed E-state index contributed by atoms with van der Waals surface area (Å²) in [6.45, 7) is 3.92. The van der Waals surface area contributed by atoms with Gasteiger partial charge in [-0.1, -0.05) is 13.0 Å². The molecule has 88 valence electrons. The molecule has 1 aromatic rings. The monoisotopic (exact) mass is 239 g/mol. The Morgan fingerprint density at radius 3 is 2.75 bits per heavy atom. The van der Waals surface area contributed by atoms with Gasteiger partial charge in [0.25, 0.3) is 0 Å². The lowest BCUT2D eigenvalue weighted by atomic mass is 10.0. The standard InChI is InChI=1S/C12H17NO2S/c1-3-11(9(2)14)12(15)13-7-6-10-5-4-8-16-10/h4-5,8,11H,3,6-7H2,1-2H3,(H,13,15)/t11-/m0/s1. The molecule has 1 rings (SSSR count). The van der Waals surface area contributed by atoms with E-state index in [0.29, 0.717) is 13.0 Å². The number of hydrogen-bond acceptors (Lipinski definition) is 3. The van der Waals surface area contributed by atoms with Crippen LogP contribution in [0.5, 0.6) is 0 Å². The fourth-order valence-electron chi connectivity index (χ4n) is 1.54. The molecule has 0 aliphatic heterocycles. The number of amides is 1. The largest absolute Gasteiger partial charge is 0.355 e. The van der Waals surface area contributed by atoms with Gasteiger partial charge in [0.15, 0.2) is 0 Å². The number of carbonyl (C=O) groups excluding carboxylic acids is 2. The summed E-state index contributed by atoms with van der Waals surface area (Å²) in [4.78, 5) is 24.0. The van der Waals surface area contributed by atoms with Crippen LogP contribution in [0.2, 0.25) is 0 Å². The van der Waals surface area contributed by atoms with E-state index in [0.717, 1.165) is 6.42 Å². The van der Waals surface area contributed by atoms with Crippen molar-refractivity contribution in [3.05, 3.63) is 22.4 Å². The van der Waals surface area contributed by atoms with Gasteiger partial charge in [0.2, 0.25) is 5.91 Å². The summed E-state index contributed by atoms with van der Waals surface area (Å²) in [6, 6.07) is 4.03. The van der Waals surface area contributed by atoms with E-state index in [4.69, 9.17) is 0 Å². The van der Waals surface area contributed by atoms with E-state index in [-0.39, 0.29) is 11.7 Å². The Morgan fingerprint density at radius 1 is 1.50 bits per heavy atom. The number of hydrogen-bond donors (Lipinski definition) is 1. The summed E-state index contributed by atoms with van der Waals surface area (Å²) in [7, 11) is 0. The van der Waals surface area contributed by atoms with Crippen LogP contribution >= 0.6 is 11.3 Å².